The molecule has 2 atom stereocenters. The van der Waals surface area contributed by atoms with Crippen molar-refractivity contribution in [3.8, 4) is 5.75 Å². The summed E-state index contributed by atoms with van der Waals surface area (Å²) in [5.74, 6) is -4.43. The van der Waals surface area contributed by atoms with Crippen LogP contribution in [-0.4, -0.2) is 17.5 Å². The molecule has 0 aliphatic carbocycles. The molecule has 198 valence electrons. The maximum Gasteiger partial charge on any atom is 0.236 e. The first-order valence-corrected chi connectivity index (χ1v) is 12.8. The zero-order valence-electron chi connectivity index (χ0n) is 21.8. The van der Waals surface area contributed by atoms with E-state index >= 15 is 0 Å². The van der Waals surface area contributed by atoms with Gasteiger partial charge in [-0.15, -0.1) is 0 Å². The van der Waals surface area contributed by atoms with Crippen molar-refractivity contribution in [1.82, 2.24) is 0 Å². The molecule has 0 aliphatic rings. The van der Waals surface area contributed by atoms with Crippen LogP contribution in [0.25, 0.3) is 0 Å². The first kappa shape index (κ1) is 27.5. The third kappa shape index (κ3) is 6.85. The molecule has 4 aromatic rings. The van der Waals surface area contributed by atoms with Gasteiger partial charge < -0.3 is 10.1 Å². The standard InChI is InChI=1S/C33H30FNO4/c1-22(2)31(36)30(29(24-13-7-4-8-14-24)32(37)25-17-19-26(34)20-18-25)33(38)35-27-15-9-10-16-28(27)39-21-23-11-5-3-6-12-23/h3-20,22,29-30H,21H2,1-2H3,(H,35,38)/t29-,30-/m0/s1. The average Bonchev–Trinajstić information content (AvgIpc) is 2.96. The Labute approximate surface area is 227 Å². The lowest BCUT2D eigenvalue weighted by Crippen LogP contribution is -2.40. The van der Waals surface area contributed by atoms with Crippen molar-refractivity contribution >= 4 is 23.2 Å². The Hall–Kier alpha value is -4.58. The number of carbonyl (C=O) groups is 3. The Morgan fingerprint density at radius 2 is 1.36 bits per heavy atom. The van der Waals surface area contributed by atoms with Crippen molar-refractivity contribution in [2.45, 2.75) is 26.4 Å². The lowest BCUT2D eigenvalue weighted by Gasteiger charge is -2.27. The van der Waals surface area contributed by atoms with Crippen molar-refractivity contribution in [3.05, 3.63) is 132 Å². The van der Waals surface area contributed by atoms with Gasteiger partial charge in [0.1, 0.15) is 29.9 Å². The minimum Gasteiger partial charge on any atom is -0.487 e. The Balaban J connectivity index is 1.69. The molecule has 0 bridgehead atoms. The molecule has 1 N–H and O–H groups in total. The number of benzene rings is 4. The number of Topliss-reactive ketones (excluding diaryl/α,β-unsaturated/α-hetero) is 2. The number of amides is 1. The van der Waals surface area contributed by atoms with Gasteiger partial charge in [-0.25, -0.2) is 4.39 Å². The van der Waals surface area contributed by atoms with Gasteiger partial charge in [0, 0.05) is 11.5 Å². The fourth-order valence-electron chi connectivity index (χ4n) is 4.39. The molecular weight excluding hydrogens is 493 g/mol. The molecule has 6 heteroatoms. The summed E-state index contributed by atoms with van der Waals surface area (Å²) in [5.41, 5.74) is 2.09. The zero-order valence-corrected chi connectivity index (χ0v) is 21.8. The van der Waals surface area contributed by atoms with Crippen LogP contribution >= 0.6 is 0 Å². The van der Waals surface area contributed by atoms with Gasteiger partial charge in [-0.1, -0.05) is 86.6 Å². The van der Waals surface area contributed by atoms with E-state index in [0.29, 0.717) is 17.0 Å². The summed E-state index contributed by atoms with van der Waals surface area (Å²) < 4.78 is 19.6. The summed E-state index contributed by atoms with van der Waals surface area (Å²) in [7, 11) is 0. The van der Waals surface area contributed by atoms with E-state index in [2.05, 4.69) is 5.32 Å². The molecule has 0 aromatic heterocycles. The van der Waals surface area contributed by atoms with E-state index in [0.717, 1.165) is 5.56 Å². The Morgan fingerprint density at radius 1 is 0.769 bits per heavy atom. The van der Waals surface area contributed by atoms with Crippen LogP contribution < -0.4 is 10.1 Å². The highest BCUT2D eigenvalue weighted by Gasteiger charge is 2.41. The number of rotatable bonds is 11. The Morgan fingerprint density at radius 3 is 2.00 bits per heavy atom. The van der Waals surface area contributed by atoms with Crippen molar-refractivity contribution < 1.29 is 23.5 Å². The highest BCUT2D eigenvalue weighted by molar-refractivity contribution is 6.15. The first-order valence-electron chi connectivity index (χ1n) is 12.8. The van der Waals surface area contributed by atoms with E-state index < -0.39 is 35.3 Å². The first-order chi connectivity index (χ1) is 18.8. The average molecular weight is 524 g/mol. The van der Waals surface area contributed by atoms with Crippen LogP contribution in [0, 0.1) is 17.7 Å². The molecule has 0 heterocycles. The molecule has 1 amide bonds. The molecular formula is C33H30FNO4. The molecule has 4 rings (SSSR count). The lowest BCUT2D eigenvalue weighted by molar-refractivity contribution is -0.133. The Bertz CT molecular complexity index is 1420. The normalized spacial score (nSPS) is 12.4. The van der Waals surface area contributed by atoms with E-state index in [1.165, 1.54) is 24.3 Å². The van der Waals surface area contributed by atoms with Crippen LogP contribution in [0.15, 0.2) is 109 Å². The van der Waals surface area contributed by atoms with Crippen molar-refractivity contribution in [2.24, 2.45) is 11.8 Å². The largest absolute Gasteiger partial charge is 0.487 e. The van der Waals surface area contributed by atoms with Gasteiger partial charge in [0.2, 0.25) is 5.91 Å². The van der Waals surface area contributed by atoms with E-state index in [9.17, 15) is 18.8 Å². The maximum atomic E-state index is 13.9. The van der Waals surface area contributed by atoms with Gasteiger partial charge in [-0.3, -0.25) is 14.4 Å². The van der Waals surface area contributed by atoms with E-state index in [1.54, 1.807) is 68.4 Å². The second-order valence-electron chi connectivity index (χ2n) is 9.55. The van der Waals surface area contributed by atoms with Crippen LogP contribution in [0.3, 0.4) is 0 Å². The minimum absolute atomic E-state index is 0.214. The number of nitrogens with one attached hydrogen (secondary N) is 1. The van der Waals surface area contributed by atoms with Crippen LogP contribution in [0.4, 0.5) is 10.1 Å². The van der Waals surface area contributed by atoms with Crippen molar-refractivity contribution in [2.75, 3.05) is 5.32 Å². The number of hydrogen-bond acceptors (Lipinski definition) is 4. The molecule has 39 heavy (non-hydrogen) atoms. The summed E-state index contributed by atoms with van der Waals surface area (Å²) in [6, 6.07) is 30.4. The molecule has 4 aromatic carbocycles. The molecule has 0 unspecified atom stereocenters. The summed E-state index contributed by atoms with van der Waals surface area (Å²) >= 11 is 0. The summed E-state index contributed by atoms with van der Waals surface area (Å²) in [5, 5.41) is 2.85. The third-order valence-corrected chi connectivity index (χ3v) is 6.44. The molecule has 0 spiro atoms. The lowest BCUT2D eigenvalue weighted by atomic mass is 9.75. The fourth-order valence-corrected chi connectivity index (χ4v) is 4.39. The number of ketones is 2. The van der Waals surface area contributed by atoms with E-state index in [-0.39, 0.29) is 18.0 Å². The number of halogens is 1. The summed E-state index contributed by atoms with van der Waals surface area (Å²) in [6.45, 7) is 3.69. The number of para-hydroxylation sites is 2. The second kappa shape index (κ2) is 12.8. The Kier molecular flexibility index (Phi) is 9.00. The predicted molar refractivity (Wildman–Crippen MR) is 149 cm³/mol. The van der Waals surface area contributed by atoms with E-state index in [1.807, 2.05) is 30.3 Å². The topological polar surface area (TPSA) is 72.5 Å². The van der Waals surface area contributed by atoms with Gasteiger partial charge in [0.25, 0.3) is 0 Å². The van der Waals surface area contributed by atoms with Crippen molar-refractivity contribution in [3.63, 3.8) is 0 Å². The van der Waals surface area contributed by atoms with Gasteiger partial charge in [0.15, 0.2) is 5.78 Å². The minimum atomic E-state index is -1.33. The van der Waals surface area contributed by atoms with Crippen LogP contribution in [0.5, 0.6) is 5.75 Å². The number of hydrogen-bond donors (Lipinski definition) is 1. The van der Waals surface area contributed by atoms with Crippen LogP contribution in [0.1, 0.15) is 41.3 Å². The van der Waals surface area contributed by atoms with Crippen LogP contribution in [-0.2, 0) is 16.2 Å². The molecule has 0 aliphatic heterocycles. The quantitative estimate of drug-likeness (QED) is 0.172. The van der Waals surface area contributed by atoms with Gasteiger partial charge >= 0.3 is 0 Å². The molecule has 0 fully saturated rings. The highest BCUT2D eigenvalue weighted by atomic mass is 19.1. The second-order valence-corrected chi connectivity index (χ2v) is 9.55. The van der Waals surface area contributed by atoms with Gasteiger partial charge in [0.05, 0.1) is 11.6 Å². The summed E-state index contributed by atoms with van der Waals surface area (Å²) in [6.07, 6.45) is 0. The van der Waals surface area contributed by atoms with Gasteiger partial charge in [-0.05, 0) is 47.5 Å². The number of ether oxygens (including phenoxy) is 1. The predicted octanol–water partition coefficient (Wildman–Crippen LogP) is 6.85. The molecule has 0 saturated carbocycles. The highest BCUT2D eigenvalue weighted by Crippen LogP contribution is 2.34. The van der Waals surface area contributed by atoms with E-state index in [4.69, 9.17) is 4.74 Å². The zero-order chi connectivity index (χ0) is 27.8. The number of carbonyl (C=O) groups excluding carboxylic acids is 3. The third-order valence-electron chi connectivity index (χ3n) is 6.44. The molecule has 0 saturated heterocycles. The van der Waals surface area contributed by atoms with Crippen LogP contribution in [0.2, 0.25) is 0 Å². The van der Waals surface area contributed by atoms with Crippen molar-refractivity contribution in [1.29, 1.82) is 0 Å². The fraction of sp³-hybridized carbons (Fsp3) is 0.182. The monoisotopic (exact) mass is 523 g/mol. The maximum absolute atomic E-state index is 13.9. The number of anilines is 1. The SMILES string of the molecule is CC(C)C(=O)[C@@H](C(=O)Nc1ccccc1OCc1ccccc1)[C@@H](C(=O)c1ccc(F)cc1)c1ccccc1. The molecule has 5 nitrogen and oxygen atoms in total. The summed E-state index contributed by atoms with van der Waals surface area (Å²) in [4.78, 5) is 41.3. The van der Waals surface area contributed by atoms with Gasteiger partial charge in [-0.2, -0.15) is 0 Å². The smallest absolute Gasteiger partial charge is 0.236 e. The molecule has 0 radical (unpaired) electrons.